The van der Waals surface area contributed by atoms with Gasteiger partial charge in [0.1, 0.15) is 11.9 Å². The number of aromatic nitrogens is 2. The number of imidazole rings is 1. The van der Waals surface area contributed by atoms with Crippen LogP contribution in [0.25, 0.3) is 22.7 Å². The molecule has 0 unspecified atom stereocenters. The molecule has 0 bridgehead atoms. The molecule has 0 atom stereocenters. The van der Waals surface area contributed by atoms with Crippen LogP contribution < -0.4 is 9.47 Å². The van der Waals surface area contributed by atoms with E-state index in [0.717, 1.165) is 16.6 Å². The normalized spacial score (nSPS) is 11.3. The molecule has 5 nitrogen and oxygen atoms in total. The Morgan fingerprint density at radius 2 is 1.96 bits per heavy atom. The lowest BCUT2D eigenvalue weighted by Crippen LogP contribution is -1.93. The number of methoxy groups -OCH3 is 2. The van der Waals surface area contributed by atoms with E-state index in [-0.39, 0.29) is 0 Å². The van der Waals surface area contributed by atoms with E-state index in [0.29, 0.717) is 22.9 Å². The standard InChI is InChI=1S/C18H15N3O2/c1-22-16-9-5-6-12(17(16)23-2)10-13(11-19)18-20-14-7-3-4-8-15(14)21-18/h3-10H,1-2H3,(H,20,21)/b13-10+. The number of nitrogens with zero attached hydrogens (tertiary/aromatic N) is 2. The van der Waals surface area contributed by atoms with E-state index >= 15 is 0 Å². The predicted octanol–water partition coefficient (Wildman–Crippen LogP) is 3.64. The highest BCUT2D eigenvalue weighted by atomic mass is 16.5. The third kappa shape index (κ3) is 2.74. The van der Waals surface area contributed by atoms with E-state index in [4.69, 9.17) is 9.47 Å². The Kier molecular flexibility index (Phi) is 3.98. The van der Waals surface area contributed by atoms with Crippen molar-refractivity contribution < 1.29 is 9.47 Å². The van der Waals surface area contributed by atoms with E-state index < -0.39 is 0 Å². The molecule has 0 fully saturated rings. The molecule has 3 aromatic rings. The summed E-state index contributed by atoms with van der Waals surface area (Å²) in [7, 11) is 3.15. The van der Waals surface area contributed by atoms with Crippen LogP contribution in [0.1, 0.15) is 11.4 Å². The van der Waals surface area contributed by atoms with E-state index in [1.165, 1.54) is 0 Å². The summed E-state index contributed by atoms with van der Waals surface area (Å²) in [6, 6.07) is 15.4. The van der Waals surface area contributed by atoms with Crippen molar-refractivity contribution in [2.45, 2.75) is 0 Å². The van der Waals surface area contributed by atoms with Crippen molar-refractivity contribution in [2.75, 3.05) is 14.2 Å². The molecule has 0 aliphatic rings. The molecule has 23 heavy (non-hydrogen) atoms. The number of hydrogen-bond acceptors (Lipinski definition) is 4. The van der Waals surface area contributed by atoms with E-state index in [1.807, 2.05) is 42.5 Å². The second-order valence-corrected chi connectivity index (χ2v) is 4.86. The molecular weight excluding hydrogens is 290 g/mol. The predicted molar refractivity (Wildman–Crippen MR) is 89.1 cm³/mol. The van der Waals surface area contributed by atoms with Crippen LogP contribution in [0.4, 0.5) is 0 Å². The monoisotopic (exact) mass is 305 g/mol. The van der Waals surface area contributed by atoms with Crippen LogP contribution in [0.2, 0.25) is 0 Å². The Labute approximate surface area is 133 Å². The van der Waals surface area contributed by atoms with Crippen LogP contribution in [0.5, 0.6) is 11.5 Å². The number of fused-ring (bicyclic) bond motifs is 1. The number of nitriles is 1. The summed E-state index contributed by atoms with van der Waals surface area (Å²) in [6.07, 6.45) is 1.74. The molecule has 1 heterocycles. The highest BCUT2D eigenvalue weighted by Crippen LogP contribution is 2.33. The van der Waals surface area contributed by atoms with Gasteiger partial charge in [0.05, 0.1) is 30.8 Å². The maximum absolute atomic E-state index is 9.51. The summed E-state index contributed by atoms with van der Waals surface area (Å²) in [5.74, 6) is 1.72. The first-order chi connectivity index (χ1) is 11.3. The average molecular weight is 305 g/mol. The zero-order valence-corrected chi connectivity index (χ0v) is 12.8. The van der Waals surface area contributed by atoms with Gasteiger partial charge in [-0.3, -0.25) is 0 Å². The fraction of sp³-hybridized carbons (Fsp3) is 0.111. The van der Waals surface area contributed by atoms with Crippen molar-refractivity contribution in [3.8, 4) is 17.6 Å². The number of benzene rings is 2. The lowest BCUT2D eigenvalue weighted by Gasteiger charge is -2.10. The van der Waals surface area contributed by atoms with Crippen molar-refractivity contribution >= 4 is 22.7 Å². The maximum Gasteiger partial charge on any atom is 0.167 e. The summed E-state index contributed by atoms with van der Waals surface area (Å²) < 4.78 is 10.7. The molecule has 114 valence electrons. The van der Waals surface area contributed by atoms with Gasteiger partial charge in [-0.1, -0.05) is 24.3 Å². The van der Waals surface area contributed by atoms with Crippen LogP contribution in [-0.4, -0.2) is 24.2 Å². The number of H-pyrrole nitrogens is 1. The number of allylic oxidation sites excluding steroid dienone is 1. The van der Waals surface area contributed by atoms with Gasteiger partial charge in [-0.25, -0.2) is 4.98 Å². The van der Waals surface area contributed by atoms with Gasteiger partial charge in [0.2, 0.25) is 0 Å². The van der Waals surface area contributed by atoms with Gasteiger partial charge >= 0.3 is 0 Å². The molecule has 1 N–H and O–H groups in total. The summed E-state index contributed by atoms with van der Waals surface area (Å²) in [4.78, 5) is 7.62. The first-order valence-corrected chi connectivity index (χ1v) is 7.04. The fourth-order valence-electron chi connectivity index (χ4n) is 2.42. The van der Waals surface area contributed by atoms with Crippen molar-refractivity contribution in [3.63, 3.8) is 0 Å². The molecule has 0 amide bonds. The van der Waals surface area contributed by atoms with Gasteiger partial charge < -0.3 is 14.5 Å². The van der Waals surface area contributed by atoms with Crippen LogP contribution in [0.3, 0.4) is 0 Å². The Morgan fingerprint density at radius 3 is 2.65 bits per heavy atom. The van der Waals surface area contributed by atoms with E-state index in [1.54, 1.807) is 20.3 Å². The van der Waals surface area contributed by atoms with Crippen molar-refractivity contribution in [1.29, 1.82) is 5.26 Å². The molecule has 0 saturated heterocycles. The highest BCUT2D eigenvalue weighted by Gasteiger charge is 2.12. The minimum atomic E-state index is 0.424. The second kappa shape index (κ2) is 6.24. The smallest absolute Gasteiger partial charge is 0.167 e. The van der Waals surface area contributed by atoms with Gasteiger partial charge in [0.15, 0.2) is 11.5 Å². The largest absolute Gasteiger partial charge is 0.493 e. The third-order valence-corrected chi connectivity index (χ3v) is 3.50. The molecule has 0 aliphatic heterocycles. The van der Waals surface area contributed by atoms with E-state index in [9.17, 15) is 5.26 Å². The minimum absolute atomic E-state index is 0.424. The highest BCUT2D eigenvalue weighted by molar-refractivity contribution is 5.91. The van der Waals surface area contributed by atoms with Crippen LogP contribution >= 0.6 is 0 Å². The molecule has 5 heteroatoms. The zero-order chi connectivity index (χ0) is 16.2. The number of ether oxygens (including phenoxy) is 2. The Hall–Kier alpha value is -3.26. The number of nitrogens with one attached hydrogen (secondary N) is 1. The first-order valence-electron chi connectivity index (χ1n) is 7.04. The number of aromatic amines is 1. The van der Waals surface area contributed by atoms with Gasteiger partial charge in [-0.2, -0.15) is 5.26 Å². The lowest BCUT2D eigenvalue weighted by atomic mass is 10.1. The van der Waals surface area contributed by atoms with Crippen LogP contribution in [-0.2, 0) is 0 Å². The number of rotatable bonds is 4. The van der Waals surface area contributed by atoms with Gasteiger partial charge in [-0.05, 0) is 24.3 Å². The van der Waals surface area contributed by atoms with Gasteiger partial charge in [0, 0.05) is 5.56 Å². The Bertz CT molecular complexity index is 886. The Morgan fingerprint density at radius 1 is 1.13 bits per heavy atom. The van der Waals surface area contributed by atoms with Gasteiger partial charge in [0.25, 0.3) is 0 Å². The first kappa shape index (κ1) is 14.7. The molecule has 0 aliphatic carbocycles. The fourth-order valence-corrected chi connectivity index (χ4v) is 2.42. The maximum atomic E-state index is 9.51. The second-order valence-electron chi connectivity index (χ2n) is 4.86. The molecule has 1 aromatic heterocycles. The summed E-state index contributed by atoms with van der Waals surface area (Å²) in [6.45, 7) is 0. The van der Waals surface area contributed by atoms with Crippen molar-refractivity contribution in [3.05, 3.63) is 53.9 Å². The number of para-hydroxylation sites is 3. The zero-order valence-electron chi connectivity index (χ0n) is 12.8. The molecule has 2 aromatic carbocycles. The van der Waals surface area contributed by atoms with Gasteiger partial charge in [-0.15, -0.1) is 0 Å². The lowest BCUT2D eigenvalue weighted by molar-refractivity contribution is 0.354. The summed E-state index contributed by atoms with van der Waals surface area (Å²) in [5.41, 5.74) is 2.89. The SMILES string of the molecule is COc1cccc(/C=C(\C#N)c2nc3ccccc3[nH]2)c1OC. The Balaban J connectivity index is 2.11. The minimum Gasteiger partial charge on any atom is -0.493 e. The molecule has 0 saturated carbocycles. The van der Waals surface area contributed by atoms with Crippen molar-refractivity contribution in [2.24, 2.45) is 0 Å². The molecule has 3 rings (SSSR count). The molecule has 0 radical (unpaired) electrons. The quantitative estimate of drug-likeness (QED) is 0.747. The topological polar surface area (TPSA) is 70.9 Å². The summed E-state index contributed by atoms with van der Waals surface area (Å²) >= 11 is 0. The average Bonchev–Trinajstić information content (AvgIpc) is 3.02. The van der Waals surface area contributed by atoms with Crippen LogP contribution in [0.15, 0.2) is 42.5 Å². The molecule has 0 spiro atoms. The van der Waals surface area contributed by atoms with Crippen molar-refractivity contribution in [1.82, 2.24) is 9.97 Å². The molecular formula is C18H15N3O2. The number of hydrogen-bond donors (Lipinski definition) is 1. The third-order valence-electron chi connectivity index (χ3n) is 3.50. The van der Waals surface area contributed by atoms with Crippen LogP contribution in [0, 0.1) is 11.3 Å². The van der Waals surface area contributed by atoms with E-state index in [2.05, 4.69) is 16.0 Å². The summed E-state index contributed by atoms with van der Waals surface area (Å²) in [5, 5.41) is 9.51.